The second-order valence-electron chi connectivity index (χ2n) is 4.53. The number of hydrogen-bond acceptors (Lipinski definition) is 3. The van der Waals surface area contributed by atoms with Crippen LogP contribution in [0.4, 0.5) is 0 Å². The molecule has 0 aromatic heterocycles. The van der Waals surface area contributed by atoms with Crippen LogP contribution in [0.5, 0.6) is 0 Å². The van der Waals surface area contributed by atoms with Crippen LogP contribution in [0.1, 0.15) is 39.0 Å². The van der Waals surface area contributed by atoms with Crippen LogP contribution in [0.15, 0.2) is 0 Å². The fourth-order valence-electron chi connectivity index (χ4n) is 2.52. The van der Waals surface area contributed by atoms with E-state index in [2.05, 4.69) is 11.8 Å². The first kappa shape index (κ1) is 12.9. The average Bonchev–Trinajstić information content (AvgIpc) is 2.27. The maximum Gasteiger partial charge on any atom is 0.0477 e. The van der Waals surface area contributed by atoms with E-state index in [9.17, 15) is 0 Å². The van der Waals surface area contributed by atoms with Gasteiger partial charge in [-0.3, -0.25) is 4.90 Å². The Morgan fingerprint density at radius 1 is 1.47 bits per heavy atom. The molecule has 1 N–H and O–H groups in total. The SMILES string of the molecule is COCCC(C)N1CCCCC1CCO. The molecule has 3 heteroatoms. The van der Waals surface area contributed by atoms with Gasteiger partial charge in [0, 0.05) is 32.4 Å². The van der Waals surface area contributed by atoms with Crippen LogP contribution >= 0.6 is 0 Å². The first-order chi connectivity index (χ1) is 7.29. The first-order valence-electron chi connectivity index (χ1n) is 6.15. The number of likely N-dealkylation sites (tertiary alicyclic amines) is 1. The van der Waals surface area contributed by atoms with Crippen molar-refractivity contribution in [2.24, 2.45) is 0 Å². The van der Waals surface area contributed by atoms with Gasteiger partial charge in [0.1, 0.15) is 0 Å². The second kappa shape index (κ2) is 7.20. The number of rotatable bonds is 6. The summed E-state index contributed by atoms with van der Waals surface area (Å²) >= 11 is 0. The molecule has 90 valence electrons. The molecule has 3 nitrogen and oxygen atoms in total. The molecule has 1 fully saturated rings. The molecule has 2 atom stereocenters. The van der Waals surface area contributed by atoms with Crippen molar-refractivity contribution in [3.05, 3.63) is 0 Å². The van der Waals surface area contributed by atoms with Crippen LogP contribution in [0.3, 0.4) is 0 Å². The zero-order valence-electron chi connectivity index (χ0n) is 10.1. The van der Waals surface area contributed by atoms with Crippen LogP contribution in [-0.2, 0) is 4.74 Å². The standard InChI is InChI=1S/C12H25NO2/c1-11(7-10-15-2)13-8-4-3-5-12(13)6-9-14/h11-12,14H,3-10H2,1-2H3. The lowest BCUT2D eigenvalue weighted by Gasteiger charge is -2.39. The Kier molecular flexibility index (Phi) is 6.22. The van der Waals surface area contributed by atoms with E-state index in [1.807, 2.05) is 0 Å². The minimum atomic E-state index is 0.318. The van der Waals surface area contributed by atoms with E-state index in [4.69, 9.17) is 9.84 Å². The quantitative estimate of drug-likeness (QED) is 0.731. The van der Waals surface area contributed by atoms with E-state index in [1.54, 1.807) is 7.11 Å². The van der Waals surface area contributed by atoms with Gasteiger partial charge < -0.3 is 9.84 Å². The van der Waals surface area contributed by atoms with Gasteiger partial charge in [-0.05, 0) is 39.2 Å². The summed E-state index contributed by atoms with van der Waals surface area (Å²) in [5.74, 6) is 0. The molecule has 0 spiro atoms. The van der Waals surface area contributed by atoms with E-state index < -0.39 is 0 Å². The van der Waals surface area contributed by atoms with Gasteiger partial charge in [-0.1, -0.05) is 6.42 Å². The van der Waals surface area contributed by atoms with Gasteiger partial charge in [-0.25, -0.2) is 0 Å². The minimum absolute atomic E-state index is 0.318. The smallest absolute Gasteiger partial charge is 0.0477 e. The lowest BCUT2D eigenvalue weighted by Crippen LogP contribution is -2.45. The molecular weight excluding hydrogens is 190 g/mol. The zero-order valence-corrected chi connectivity index (χ0v) is 10.1. The Balaban J connectivity index is 2.39. The lowest BCUT2D eigenvalue weighted by molar-refractivity contribution is 0.0641. The van der Waals surface area contributed by atoms with Crippen molar-refractivity contribution in [1.29, 1.82) is 0 Å². The summed E-state index contributed by atoms with van der Waals surface area (Å²) < 4.78 is 5.12. The summed E-state index contributed by atoms with van der Waals surface area (Å²) in [5, 5.41) is 9.04. The fourth-order valence-corrected chi connectivity index (χ4v) is 2.52. The predicted molar refractivity (Wildman–Crippen MR) is 62.0 cm³/mol. The van der Waals surface area contributed by atoms with Gasteiger partial charge in [-0.15, -0.1) is 0 Å². The normalized spacial score (nSPS) is 25.4. The maximum atomic E-state index is 9.04. The number of nitrogens with zero attached hydrogens (tertiary/aromatic N) is 1. The highest BCUT2D eigenvalue weighted by atomic mass is 16.5. The summed E-state index contributed by atoms with van der Waals surface area (Å²) in [5.41, 5.74) is 0. The molecule has 1 rings (SSSR count). The van der Waals surface area contributed by atoms with Crippen LogP contribution in [-0.4, -0.2) is 49.0 Å². The van der Waals surface area contributed by atoms with E-state index >= 15 is 0 Å². The highest BCUT2D eigenvalue weighted by Gasteiger charge is 2.25. The maximum absolute atomic E-state index is 9.04. The molecule has 2 unspecified atom stereocenters. The van der Waals surface area contributed by atoms with Crippen molar-refractivity contribution >= 4 is 0 Å². The Morgan fingerprint density at radius 3 is 2.93 bits per heavy atom. The van der Waals surface area contributed by atoms with Gasteiger partial charge in [0.05, 0.1) is 0 Å². The molecule has 15 heavy (non-hydrogen) atoms. The van der Waals surface area contributed by atoms with Crippen molar-refractivity contribution < 1.29 is 9.84 Å². The molecular formula is C12H25NO2. The molecule has 1 heterocycles. The Bertz CT molecular complexity index is 162. The minimum Gasteiger partial charge on any atom is -0.396 e. The second-order valence-corrected chi connectivity index (χ2v) is 4.53. The lowest BCUT2D eigenvalue weighted by atomic mass is 9.97. The van der Waals surface area contributed by atoms with Gasteiger partial charge in [0.2, 0.25) is 0 Å². The van der Waals surface area contributed by atoms with Crippen LogP contribution in [0.25, 0.3) is 0 Å². The third kappa shape index (κ3) is 4.09. The highest BCUT2D eigenvalue weighted by Crippen LogP contribution is 2.22. The molecule has 0 saturated carbocycles. The van der Waals surface area contributed by atoms with Crippen molar-refractivity contribution in [2.75, 3.05) is 26.9 Å². The van der Waals surface area contributed by atoms with E-state index in [0.717, 1.165) is 19.4 Å². The predicted octanol–water partition coefficient (Wildman–Crippen LogP) is 1.65. The molecule has 0 aromatic carbocycles. The fraction of sp³-hybridized carbons (Fsp3) is 1.00. The molecule has 0 amide bonds. The van der Waals surface area contributed by atoms with Crippen molar-refractivity contribution in [2.45, 2.75) is 51.1 Å². The van der Waals surface area contributed by atoms with E-state index in [-0.39, 0.29) is 0 Å². The largest absolute Gasteiger partial charge is 0.396 e. The highest BCUT2D eigenvalue weighted by molar-refractivity contribution is 4.80. The van der Waals surface area contributed by atoms with Crippen LogP contribution in [0.2, 0.25) is 0 Å². The molecule has 0 radical (unpaired) electrons. The number of aliphatic hydroxyl groups excluding tert-OH is 1. The number of hydrogen-bond donors (Lipinski definition) is 1. The summed E-state index contributed by atoms with van der Waals surface area (Å²) in [6, 6.07) is 1.18. The third-order valence-corrected chi connectivity index (χ3v) is 3.44. The third-order valence-electron chi connectivity index (χ3n) is 3.44. The van der Waals surface area contributed by atoms with E-state index in [1.165, 1.54) is 25.8 Å². The molecule has 1 aliphatic rings. The molecule has 0 aliphatic carbocycles. The van der Waals surface area contributed by atoms with Gasteiger partial charge in [0.25, 0.3) is 0 Å². The number of ether oxygens (including phenoxy) is 1. The molecule has 1 saturated heterocycles. The van der Waals surface area contributed by atoms with Crippen molar-refractivity contribution in [1.82, 2.24) is 4.90 Å². The Hall–Kier alpha value is -0.120. The van der Waals surface area contributed by atoms with E-state index in [0.29, 0.717) is 18.7 Å². The summed E-state index contributed by atoms with van der Waals surface area (Å²) in [7, 11) is 1.76. The van der Waals surface area contributed by atoms with Gasteiger partial charge in [-0.2, -0.15) is 0 Å². The van der Waals surface area contributed by atoms with Crippen LogP contribution in [0, 0.1) is 0 Å². The first-order valence-corrected chi connectivity index (χ1v) is 6.15. The monoisotopic (exact) mass is 215 g/mol. The zero-order chi connectivity index (χ0) is 11.1. The molecule has 1 aliphatic heterocycles. The summed E-state index contributed by atoms with van der Waals surface area (Å²) in [6.45, 7) is 4.62. The average molecular weight is 215 g/mol. The number of methoxy groups -OCH3 is 1. The van der Waals surface area contributed by atoms with Crippen LogP contribution < -0.4 is 0 Å². The summed E-state index contributed by atoms with van der Waals surface area (Å²) in [4.78, 5) is 2.55. The van der Waals surface area contributed by atoms with Crippen molar-refractivity contribution in [3.63, 3.8) is 0 Å². The topological polar surface area (TPSA) is 32.7 Å². The molecule has 0 aromatic rings. The number of piperidine rings is 1. The van der Waals surface area contributed by atoms with Gasteiger partial charge >= 0.3 is 0 Å². The summed E-state index contributed by atoms with van der Waals surface area (Å²) in [6.07, 6.45) is 5.89. The Morgan fingerprint density at radius 2 is 2.27 bits per heavy atom. The molecule has 0 bridgehead atoms. The Labute approximate surface area is 93.4 Å². The van der Waals surface area contributed by atoms with Gasteiger partial charge in [0.15, 0.2) is 0 Å². The van der Waals surface area contributed by atoms with Crippen molar-refractivity contribution in [3.8, 4) is 0 Å². The number of aliphatic hydroxyl groups is 1.